The van der Waals surface area contributed by atoms with Crippen LogP contribution in [-0.4, -0.2) is 36.2 Å². The fourth-order valence-corrected chi connectivity index (χ4v) is 3.21. The topological polar surface area (TPSA) is 54.3 Å². The third-order valence-corrected chi connectivity index (χ3v) is 4.99. The third kappa shape index (κ3) is 5.06. The van der Waals surface area contributed by atoms with E-state index in [-0.39, 0.29) is 11.6 Å². The molecule has 2 aliphatic heterocycles. The van der Waals surface area contributed by atoms with Crippen molar-refractivity contribution in [2.24, 2.45) is 16.1 Å². The minimum Gasteiger partial charge on any atom is -0.493 e. The zero-order valence-corrected chi connectivity index (χ0v) is 14.6. The molecule has 0 saturated carbocycles. The fraction of sp³-hybridized carbons (Fsp3) is 0.550. The van der Waals surface area contributed by atoms with Crippen molar-refractivity contribution >= 4 is 5.91 Å². The molecule has 0 atom stereocenters. The Morgan fingerprint density at radius 2 is 1.96 bits per heavy atom. The highest BCUT2D eigenvalue weighted by Crippen LogP contribution is 2.37. The first kappa shape index (κ1) is 17.5. The average Bonchev–Trinajstić information content (AvgIpc) is 3.44. The number of hydrogen-bond donors (Lipinski definition) is 0. The van der Waals surface area contributed by atoms with Crippen molar-refractivity contribution in [1.29, 1.82) is 0 Å². The van der Waals surface area contributed by atoms with Crippen LogP contribution >= 0.6 is 0 Å². The van der Waals surface area contributed by atoms with E-state index in [1.807, 2.05) is 35.2 Å². The molecule has 0 unspecified atom stereocenters. The van der Waals surface area contributed by atoms with Gasteiger partial charge in [-0.05, 0) is 30.9 Å². The van der Waals surface area contributed by atoms with Gasteiger partial charge in [-0.25, -0.2) is 0 Å². The molecule has 1 aromatic rings. The highest BCUT2D eigenvalue weighted by atomic mass is 16.5. The smallest absolute Gasteiger partial charge is 0.222 e. The summed E-state index contributed by atoms with van der Waals surface area (Å²) in [5.41, 5.74) is -0.357. The molecule has 2 aliphatic rings. The lowest BCUT2D eigenvalue weighted by Gasteiger charge is -2.32. The van der Waals surface area contributed by atoms with Crippen LogP contribution in [0.2, 0.25) is 0 Å². The van der Waals surface area contributed by atoms with Gasteiger partial charge in [0, 0.05) is 38.8 Å². The molecule has 3 rings (SSSR count). The molecule has 1 saturated heterocycles. The van der Waals surface area contributed by atoms with Crippen molar-refractivity contribution in [3.05, 3.63) is 30.3 Å². The lowest BCUT2D eigenvalue weighted by Crippen LogP contribution is -2.40. The van der Waals surface area contributed by atoms with Crippen LogP contribution in [0.3, 0.4) is 0 Å². The van der Waals surface area contributed by atoms with Crippen molar-refractivity contribution in [1.82, 2.24) is 4.90 Å². The van der Waals surface area contributed by atoms with Gasteiger partial charge < -0.3 is 9.64 Å². The second-order valence-electron chi connectivity index (χ2n) is 6.83. The van der Waals surface area contributed by atoms with Crippen LogP contribution in [0.5, 0.6) is 5.75 Å². The molecule has 1 amide bonds. The molecule has 0 bridgehead atoms. The van der Waals surface area contributed by atoms with E-state index in [9.17, 15) is 4.79 Å². The number of nitrogens with zero attached hydrogens (tertiary/aromatic N) is 3. The Hall–Kier alpha value is -2.35. The fourth-order valence-electron chi connectivity index (χ4n) is 3.21. The second-order valence-corrected chi connectivity index (χ2v) is 6.83. The van der Waals surface area contributed by atoms with E-state index in [1.54, 1.807) is 0 Å². The van der Waals surface area contributed by atoms with Gasteiger partial charge in [0.2, 0.25) is 5.91 Å². The third-order valence-electron chi connectivity index (χ3n) is 4.99. The van der Waals surface area contributed by atoms with Gasteiger partial charge in [0.1, 0.15) is 5.75 Å². The van der Waals surface area contributed by atoms with Crippen LogP contribution in [0.4, 0.5) is 0 Å². The lowest BCUT2D eigenvalue weighted by molar-refractivity contribution is -0.133. The Balaban J connectivity index is 1.34. The van der Waals surface area contributed by atoms with E-state index in [4.69, 9.17) is 11.2 Å². The minimum atomic E-state index is -0.357. The van der Waals surface area contributed by atoms with Crippen LogP contribution in [0, 0.1) is 18.3 Å². The van der Waals surface area contributed by atoms with E-state index < -0.39 is 0 Å². The lowest BCUT2D eigenvalue weighted by atomic mass is 9.96. The molecule has 0 spiro atoms. The molecule has 0 N–H and O–H groups in total. The number of amides is 1. The normalized spacial score (nSPS) is 18.6. The predicted molar refractivity (Wildman–Crippen MR) is 96.1 cm³/mol. The molecular formula is C20H25N3O2. The number of piperidine rings is 1. The Morgan fingerprint density at radius 1 is 1.24 bits per heavy atom. The van der Waals surface area contributed by atoms with E-state index in [2.05, 4.69) is 16.1 Å². The Morgan fingerprint density at radius 3 is 2.60 bits per heavy atom. The quantitative estimate of drug-likeness (QED) is 0.679. The molecule has 1 fully saturated rings. The predicted octanol–water partition coefficient (Wildman–Crippen LogP) is 3.66. The van der Waals surface area contributed by atoms with Crippen molar-refractivity contribution in [2.75, 3.05) is 19.7 Å². The number of para-hydroxylation sites is 1. The summed E-state index contributed by atoms with van der Waals surface area (Å²) < 4.78 is 5.83. The summed E-state index contributed by atoms with van der Waals surface area (Å²) >= 11 is 0. The molecule has 1 aromatic carbocycles. The Labute approximate surface area is 149 Å². The van der Waals surface area contributed by atoms with Crippen LogP contribution in [0.15, 0.2) is 40.6 Å². The maximum atomic E-state index is 12.4. The number of rotatable bonds is 8. The van der Waals surface area contributed by atoms with Crippen LogP contribution < -0.4 is 4.74 Å². The summed E-state index contributed by atoms with van der Waals surface area (Å²) in [6, 6.07) is 9.89. The van der Waals surface area contributed by atoms with Crippen molar-refractivity contribution < 1.29 is 9.53 Å². The maximum absolute atomic E-state index is 12.4. The molecule has 0 radical (unpaired) electrons. The van der Waals surface area contributed by atoms with Gasteiger partial charge in [0.05, 0.1) is 6.61 Å². The van der Waals surface area contributed by atoms with Gasteiger partial charge in [-0.3, -0.25) is 4.79 Å². The highest BCUT2D eigenvalue weighted by Gasteiger charge is 2.39. The summed E-state index contributed by atoms with van der Waals surface area (Å²) in [5, 5.41) is 8.19. The summed E-state index contributed by atoms with van der Waals surface area (Å²) in [6.07, 6.45) is 9.89. The number of likely N-dealkylation sites (tertiary alicyclic amines) is 1. The SMILES string of the molecule is C#CCCC1(CCC(=O)N2CCC(COc3ccccc3)CC2)N=N1. The Kier molecular flexibility index (Phi) is 5.70. The first-order valence-corrected chi connectivity index (χ1v) is 9.04. The van der Waals surface area contributed by atoms with Gasteiger partial charge >= 0.3 is 0 Å². The van der Waals surface area contributed by atoms with Crippen molar-refractivity contribution in [2.45, 2.75) is 44.2 Å². The number of hydrogen-bond acceptors (Lipinski definition) is 4. The largest absolute Gasteiger partial charge is 0.493 e. The minimum absolute atomic E-state index is 0.208. The molecule has 5 nitrogen and oxygen atoms in total. The van der Waals surface area contributed by atoms with Crippen molar-refractivity contribution in [3.8, 4) is 18.1 Å². The van der Waals surface area contributed by atoms with Gasteiger partial charge in [-0.2, -0.15) is 10.2 Å². The number of ether oxygens (including phenoxy) is 1. The summed E-state index contributed by atoms with van der Waals surface area (Å²) in [7, 11) is 0. The van der Waals surface area contributed by atoms with Crippen LogP contribution in [-0.2, 0) is 4.79 Å². The average molecular weight is 339 g/mol. The zero-order valence-electron chi connectivity index (χ0n) is 14.6. The number of benzene rings is 1. The first-order chi connectivity index (χ1) is 12.2. The second kappa shape index (κ2) is 8.15. The standard InChI is InChI=1S/C20H25N3O2/c1-2-3-12-20(21-22-20)13-9-19(24)23-14-10-17(11-15-23)16-25-18-7-5-4-6-8-18/h1,4-8,17H,3,9-16H2. The molecular weight excluding hydrogens is 314 g/mol. The van der Waals surface area contributed by atoms with Crippen LogP contribution in [0.25, 0.3) is 0 Å². The van der Waals surface area contributed by atoms with Gasteiger partial charge in [0.15, 0.2) is 5.66 Å². The molecule has 5 heteroatoms. The number of terminal acetylenes is 1. The van der Waals surface area contributed by atoms with Crippen molar-refractivity contribution in [3.63, 3.8) is 0 Å². The zero-order chi connectivity index (χ0) is 17.5. The first-order valence-electron chi connectivity index (χ1n) is 9.04. The molecule has 2 heterocycles. The summed E-state index contributed by atoms with van der Waals surface area (Å²) in [4.78, 5) is 14.4. The van der Waals surface area contributed by atoms with E-state index >= 15 is 0 Å². The van der Waals surface area contributed by atoms with Gasteiger partial charge in [-0.15, -0.1) is 12.3 Å². The maximum Gasteiger partial charge on any atom is 0.222 e. The Bertz CT molecular complexity index is 637. The van der Waals surface area contributed by atoms with Crippen LogP contribution in [0.1, 0.15) is 38.5 Å². The van der Waals surface area contributed by atoms with E-state index in [0.29, 0.717) is 25.2 Å². The molecule has 25 heavy (non-hydrogen) atoms. The van der Waals surface area contributed by atoms with E-state index in [1.165, 1.54) is 0 Å². The molecule has 0 aromatic heterocycles. The number of carbonyl (C=O) groups is 1. The van der Waals surface area contributed by atoms with Gasteiger partial charge in [-0.1, -0.05) is 18.2 Å². The summed E-state index contributed by atoms with van der Waals surface area (Å²) in [5.74, 6) is 4.25. The molecule has 0 aliphatic carbocycles. The molecule has 132 valence electrons. The number of carbonyl (C=O) groups excluding carboxylic acids is 1. The van der Waals surface area contributed by atoms with Gasteiger partial charge in [0.25, 0.3) is 0 Å². The van der Waals surface area contributed by atoms with E-state index in [0.717, 1.165) is 44.7 Å². The highest BCUT2D eigenvalue weighted by molar-refractivity contribution is 5.76. The monoisotopic (exact) mass is 339 g/mol. The summed E-state index contributed by atoms with van der Waals surface area (Å²) in [6.45, 7) is 2.35.